The second kappa shape index (κ2) is 17.4. The van der Waals surface area contributed by atoms with E-state index in [9.17, 15) is 0 Å². The highest BCUT2D eigenvalue weighted by Crippen LogP contribution is 2.56. The van der Waals surface area contributed by atoms with Gasteiger partial charge in [-0.25, -0.2) is 0 Å². The Balaban J connectivity index is 0.912. The lowest BCUT2D eigenvalue weighted by Crippen LogP contribution is -2.17. The highest BCUT2D eigenvalue weighted by atomic mass is 16.3. The van der Waals surface area contributed by atoms with E-state index >= 15 is 0 Å². The monoisotopic (exact) mass is 1090 g/mol. The summed E-state index contributed by atoms with van der Waals surface area (Å²) in [6, 6.07) is 77.2. The van der Waals surface area contributed by atoms with Gasteiger partial charge in [0.2, 0.25) is 0 Å². The van der Waals surface area contributed by atoms with E-state index in [-0.39, 0.29) is 21.7 Å². The Hall–Kier alpha value is -9.32. The molecule has 0 amide bonds. The van der Waals surface area contributed by atoms with Gasteiger partial charge in [0.1, 0.15) is 11.2 Å². The maximum atomic E-state index is 6.91. The second-order valence-corrected chi connectivity index (χ2v) is 27.4. The van der Waals surface area contributed by atoms with Gasteiger partial charge in [-0.15, -0.1) is 0 Å². The van der Waals surface area contributed by atoms with Crippen molar-refractivity contribution < 1.29 is 8.83 Å². The van der Waals surface area contributed by atoms with Gasteiger partial charge in [-0.05, 0) is 157 Å². The van der Waals surface area contributed by atoms with E-state index in [4.69, 9.17) is 8.83 Å². The number of nitrogens with zero attached hydrogens (tertiary/aromatic N) is 3. The predicted octanol–water partition coefficient (Wildman–Crippen LogP) is 22.9. The summed E-state index contributed by atoms with van der Waals surface area (Å²) in [5, 5.41) is 11.9. The minimum atomic E-state index is -0.351. The molecule has 4 heterocycles. The highest BCUT2D eigenvalue weighted by molar-refractivity contribution is 6.29. The van der Waals surface area contributed by atoms with Crippen LogP contribution >= 0.6 is 0 Å². The molecule has 410 valence electrons. The van der Waals surface area contributed by atoms with E-state index in [1.807, 2.05) is 0 Å². The molecule has 0 bridgehead atoms. The normalized spacial score (nSPS) is 13.8. The summed E-state index contributed by atoms with van der Waals surface area (Å²) >= 11 is 0. The van der Waals surface area contributed by atoms with Gasteiger partial charge in [0.25, 0.3) is 0 Å². The lowest BCUT2D eigenvalue weighted by molar-refractivity contribution is 0.590. The number of furan rings is 2. The molecule has 11 aromatic carbocycles. The van der Waals surface area contributed by atoms with Gasteiger partial charge in [-0.2, -0.15) is 0 Å². The molecule has 16 rings (SSSR count). The minimum Gasteiger partial charge on any atom is -0.454 e. The van der Waals surface area contributed by atoms with Crippen molar-refractivity contribution in [2.24, 2.45) is 0 Å². The van der Waals surface area contributed by atoms with Crippen LogP contribution in [-0.2, 0) is 21.7 Å². The van der Waals surface area contributed by atoms with Crippen molar-refractivity contribution in [3.05, 3.63) is 234 Å². The molecule has 0 aliphatic heterocycles. The van der Waals surface area contributed by atoms with Crippen molar-refractivity contribution in [3.63, 3.8) is 0 Å². The van der Waals surface area contributed by atoms with Gasteiger partial charge < -0.3 is 23.0 Å². The van der Waals surface area contributed by atoms with Crippen LogP contribution in [-0.4, -0.2) is 4.40 Å². The topological polar surface area (TPSA) is 37.2 Å². The fourth-order valence-electron chi connectivity index (χ4n) is 14.3. The Kier molecular flexibility index (Phi) is 10.4. The standard InChI is InChI=1S/C79H67N3O2/c1-76(2,3)47-27-32-50(33-28-47)80(66-22-16-20-58-54-18-12-14-24-69(54)83-74(58)66)52-36-38-53-56-37-26-46-42-61-57-39-41-65(81(51-34-29-48(30-35-51)77(4,5)6)67-23-17-21-59-55-19-13-15-25-70(55)84-75(59)67)71-62-43-49(78(7,8)9)31-40-64(62)82(73(57)71)68(61)45-60(46)72(56)79(10,11)63(53)44-52/h12-45H,1-11H3. The third-order valence-electron chi connectivity index (χ3n) is 18.7. The molecule has 0 N–H and O–H groups in total. The first-order valence-electron chi connectivity index (χ1n) is 29.8. The van der Waals surface area contributed by atoms with E-state index in [0.29, 0.717) is 0 Å². The van der Waals surface area contributed by atoms with E-state index in [0.717, 1.165) is 78.0 Å². The van der Waals surface area contributed by atoms with Gasteiger partial charge in [0.05, 0.1) is 33.6 Å². The molecule has 0 fully saturated rings. The molecule has 0 saturated heterocycles. The third kappa shape index (κ3) is 7.27. The SMILES string of the molecule is CC(C)(C)c1ccc(N(c2ccc3c(c2)C(C)(C)c2c-3ccc3cc4c5ccc(N(c6ccc(C(C)(C)C)cc6)c6cccc7c6oc6ccccc67)c6c7cc(C(C)(C)C)ccc7n(c4cc23)c56)c2cccc3c2oc2ccccc23)cc1. The van der Waals surface area contributed by atoms with Crippen LogP contribution in [0.4, 0.5) is 34.1 Å². The summed E-state index contributed by atoms with van der Waals surface area (Å²) in [6.45, 7) is 25.5. The average Bonchev–Trinajstić information content (AvgIpc) is 1.60. The van der Waals surface area contributed by atoms with Crippen LogP contribution in [0.5, 0.6) is 0 Å². The van der Waals surface area contributed by atoms with Crippen molar-refractivity contribution in [1.82, 2.24) is 4.40 Å². The Morgan fingerprint density at radius 1 is 0.369 bits per heavy atom. The number of rotatable bonds is 6. The van der Waals surface area contributed by atoms with Gasteiger partial charge in [-0.1, -0.05) is 191 Å². The molecule has 1 aliphatic carbocycles. The molecule has 1 aliphatic rings. The number of aromatic nitrogens is 1. The lowest BCUT2D eigenvalue weighted by atomic mass is 9.80. The Morgan fingerprint density at radius 2 is 0.905 bits per heavy atom. The highest BCUT2D eigenvalue weighted by Gasteiger charge is 2.39. The van der Waals surface area contributed by atoms with Crippen LogP contribution in [0.2, 0.25) is 0 Å². The van der Waals surface area contributed by atoms with Crippen LogP contribution in [0.3, 0.4) is 0 Å². The van der Waals surface area contributed by atoms with Gasteiger partial charge in [0, 0.05) is 65.6 Å². The van der Waals surface area contributed by atoms with E-state index in [1.54, 1.807) is 0 Å². The number of hydrogen-bond acceptors (Lipinski definition) is 4. The van der Waals surface area contributed by atoms with E-state index in [1.165, 1.54) is 87.8 Å². The first-order chi connectivity index (χ1) is 40.3. The zero-order valence-electron chi connectivity index (χ0n) is 49.8. The van der Waals surface area contributed by atoms with E-state index < -0.39 is 0 Å². The van der Waals surface area contributed by atoms with Crippen LogP contribution in [0.1, 0.15) is 104 Å². The third-order valence-corrected chi connectivity index (χ3v) is 18.7. The molecule has 0 saturated carbocycles. The lowest BCUT2D eigenvalue weighted by Gasteiger charge is -2.29. The fourth-order valence-corrected chi connectivity index (χ4v) is 14.3. The first kappa shape index (κ1) is 50.4. The molecule has 15 aromatic rings. The van der Waals surface area contributed by atoms with Gasteiger partial charge >= 0.3 is 0 Å². The molecule has 84 heavy (non-hydrogen) atoms. The molecular formula is C79H67N3O2. The number of anilines is 6. The number of para-hydroxylation sites is 4. The summed E-state index contributed by atoms with van der Waals surface area (Å²) in [6.07, 6.45) is 0. The maximum absolute atomic E-state index is 6.91. The number of fused-ring (bicyclic) bond motifs is 17. The van der Waals surface area contributed by atoms with Crippen LogP contribution in [0, 0.1) is 0 Å². The van der Waals surface area contributed by atoms with Gasteiger partial charge in [-0.3, -0.25) is 0 Å². The maximum Gasteiger partial charge on any atom is 0.159 e. The number of hydrogen-bond donors (Lipinski definition) is 0. The van der Waals surface area contributed by atoms with Crippen LogP contribution in [0.25, 0.3) is 104 Å². The fraction of sp³-hybridized carbons (Fsp3) is 0.190. The second-order valence-electron chi connectivity index (χ2n) is 27.4. The predicted molar refractivity (Wildman–Crippen MR) is 356 cm³/mol. The summed E-state index contributed by atoms with van der Waals surface area (Å²) in [5.74, 6) is 0. The molecule has 0 atom stereocenters. The average molecular weight is 1090 g/mol. The zero-order chi connectivity index (χ0) is 57.5. The van der Waals surface area contributed by atoms with E-state index in [2.05, 4.69) is 297 Å². The van der Waals surface area contributed by atoms with Crippen molar-refractivity contribution in [2.75, 3.05) is 9.80 Å². The smallest absolute Gasteiger partial charge is 0.159 e. The quantitative estimate of drug-likeness (QED) is 0.166. The summed E-state index contributed by atoms with van der Waals surface area (Å²) in [7, 11) is 0. The van der Waals surface area contributed by atoms with Gasteiger partial charge in [0.15, 0.2) is 11.2 Å². The molecule has 0 unspecified atom stereocenters. The Labute approximate surface area is 490 Å². The summed E-state index contributed by atoms with van der Waals surface area (Å²) < 4.78 is 16.3. The largest absolute Gasteiger partial charge is 0.454 e. The molecular weight excluding hydrogens is 1020 g/mol. The molecule has 4 aromatic heterocycles. The summed E-state index contributed by atoms with van der Waals surface area (Å²) in [5.41, 5.74) is 22.3. The Morgan fingerprint density at radius 3 is 1.51 bits per heavy atom. The van der Waals surface area contributed by atoms with Crippen molar-refractivity contribution >= 4 is 127 Å². The summed E-state index contributed by atoms with van der Waals surface area (Å²) in [4.78, 5) is 4.86. The molecule has 0 radical (unpaired) electrons. The van der Waals surface area contributed by atoms with Crippen molar-refractivity contribution in [2.45, 2.75) is 97.8 Å². The van der Waals surface area contributed by atoms with Crippen molar-refractivity contribution in [3.8, 4) is 11.1 Å². The van der Waals surface area contributed by atoms with Crippen LogP contribution in [0.15, 0.2) is 215 Å². The minimum absolute atomic E-state index is 0.00395. The molecule has 5 nitrogen and oxygen atoms in total. The molecule has 0 spiro atoms. The van der Waals surface area contributed by atoms with Crippen molar-refractivity contribution in [1.29, 1.82) is 0 Å². The number of benzene rings is 11. The Bertz CT molecular complexity index is 5220. The van der Waals surface area contributed by atoms with Crippen LogP contribution < -0.4 is 9.80 Å². The first-order valence-corrected chi connectivity index (χ1v) is 29.8. The zero-order valence-corrected chi connectivity index (χ0v) is 49.8. The molecule has 5 heteroatoms.